The number of carbonyl (C=O) groups excluding carboxylic acids is 1. The van der Waals surface area contributed by atoms with Crippen molar-refractivity contribution < 1.29 is 14.3 Å². The van der Waals surface area contributed by atoms with Gasteiger partial charge in [-0.15, -0.1) is 0 Å². The van der Waals surface area contributed by atoms with E-state index in [1.165, 1.54) is 0 Å². The monoisotopic (exact) mass is 434 g/mol. The maximum Gasteiger partial charge on any atom is 0.252 e. The highest BCUT2D eigenvalue weighted by atomic mass is 16.5. The summed E-state index contributed by atoms with van der Waals surface area (Å²) in [5.74, 6) is 2.00. The van der Waals surface area contributed by atoms with Gasteiger partial charge in [0.1, 0.15) is 17.6 Å². The zero-order chi connectivity index (χ0) is 22.4. The second-order valence-electron chi connectivity index (χ2n) is 9.11. The molecule has 1 saturated carbocycles. The number of hydrogen-bond donors (Lipinski definition) is 1. The summed E-state index contributed by atoms with van der Waals surface area (Å²) in [7, 11) is 0. The summed E-state index contributed by atoms with van der Waals surface area (Å²) in [6.45, 7) is 9.10. The molecule has 2 aliphatic rings. The van der Waals surface area contributed by atoms with Gasteiger partial charge < -0.3 is 14.8 Å². The molecule has 2 aromatic heterocycles. The predicted octanol–water partition coefficient (Wildman–Crippen LogP) is 4.54. The Morgan fingerprint density at radius 3 is 2.84 bits per heavy atom. The topological polar surface area (TPSA) is 78.3 Å². The van der Waals surface area contributed by atoms with E-state index in [0.717, 1.165) is 58.6 Å². The van der Waals surface area contributed by atoms with E-state index in [1.807, 2.05) is 29.8 Å². The quantitative estimate of drug-likeness (QED) is 0.591. The molecule has 0 bridgehead atoms. The SMILES string of the molecule is CCOc1cc2c(cc1CNC(=O)c1cc(C3CC3)nc3c1cnn3C(C)C)O[C@H](C)C2. The summed E-state index contributed by atoms with van der Waals surface area (Å²) in [5.41, 5.74) is 4.47. The van der Waals surface area contributed by atoms with E-state index < -0.39 is 0 Å². The van der Waals surface area contributed by atoms with E-state index >= 15 is 0 Å². The van der Waals surface area contributed by atoms with Crippen LogP contribution in [-0.2, 0) is 13.0 Å². The lowest BCUT2D eigenvalue weighted by molar-refractivity contribution is 0.0952. The van der Waals surface area contributed by atoms with Crippen molar-refractivity contribution in [3.05, 3.63) is 46.8 Å². The molecule has 1 aromatic carbocycles. The molecule has 0 radical (unpaired) electrons. The maximum atomic E-state index is 13.3. The lowest BCUT2D eigenvalue weighted by Gasteiger charge is -2.14. The number of pyridine rings is 1. The normalized spacial score (nSPS) is 17.5. The molecule has 7 heteroatoms. The molecule has 0 saturated heterocycles. The molecule has 1 amide bonds. The third-order valence-electron chi connectivity index (χ3n) is 6.13. The van der Waals surface area contributed by atoms with E-state index in [1.54, 1.807) is 6.20 Å². The molecule has 5 rings (SSSR count). The summed E-state index contributed by atoms with van der Waals surface area (Å²) in [4.78, 5) is 18.2. The highest BCUT2D eigenvalue weighted by Gasteiger charge is 2.28. The Labute approximate surface area is 188 Å². The molecule has 3 heterocycles. The Bertz CT molecular complexity index is 1180. The number of ether oxygens (including phenoxy) is 2. The second kappa shape index (κ2) is 8.11. The van der Waals surface area contributed by atoms with Crippen LogP contribution in [0.1, 0.15) is 79.7 Å². The van der Waals surface area contributed by atoms with Crippen molar-refractivity contribution in [2.75, 3.05) is 6.61 Å². The van der Waals surface area contributed by atoms with Crippen LogP contribution in [0.2, 0.25) is 0 Å². The van der Waals surface area contributed by atoms with E-state index in [-0.39, 0.29) is 18.1 Å². The van der Waals surface area contributed by atoms with E-state index in [4.69, 9.17) is 14.5 Å². The Morgan fingerprint density at radius 2 is 2.12 bits per heavy atom. The summed E-state index contributed by atoms with van der Waals surface area (Å²) in [6.07, 6.45) is 5.04. The first-order chi connectivity index (χ1) is 15.4. The standard InChI is InChI=1S/C25H30N4O3/c1-5-31-22-9-17-8-15(4)32-23(17)10-18(22)12-26-25(30)19-11-21(16-6-7-16)28-24-20(19)13-27-29(24)14(2)3/h9-11,13-16H,5-8,12H2,1-4H3,(H,26,30)/t15-/m1/s1. The number of carbonyl (C=O) groups is 1. The number of rotatable bonds is 7. The van der Waals surface area contributed by atoms with Gasteiger partial charge in [0, 0.05) is 41.7 Å². The Kier molecular flexibility index (Phi) is 5.27. The fraction of sp³-hybridized carbons (Fsp3) is 0.480. The third kappa shape index (κ3) is 3.80. The van der Waals surface area contributed by atoms with Crippen molar-refractivity contribution in [3.63, 3.8) is 0 Å². The zero-order valence-electron chi connectivity index (χ0n) is 19.1. The molecule has 168 valence electrons. The van der Waals surface area contributed by atoms with Gasteiger partial charge in [-0.05, 0) is 58.7 Å². The van der Waals surface area contributed by atoms with Crippen LogP contribution in [-0.4, -0.2) is 33.4 Å². The first-order valence-electron chi connectivity index (χ1n) is 11.6. The fourth-order valence-electron chi connectivity index (χ4n) is 4.37. The molecular weight excluding hydrogens is 404 g/mol. The van der Waals surface area contributed by atoms with Crippen molar-refractivity contribution in [1.82, 2.24) is 20.1 Å². The average Bonchev–Trinajstić information content (AvgIpc) is 3.42. The number of amides is 1. The van der Waals surface area contributed by atoms with Gasteiger partial charge in [-0.1, -0.05) is 0 Å². The Balaban J connectivity index is 1.44. The molecule has 1 aliphatic carbocycles. The number of hydrogen-bond acceptors (Lipinski definition) is 5. The first kappa shape index (κ1) is 20.8. The Hall–Kier alpha value is -3.09. The summed E-state index contributed by atoms with van der Waals surface area (Å²) in [6, 6.07) is 6.16. The zero-order valence-corrected chi connectivity index (χ0v) is 19.1. The number of fused-ring (bicyclic) bond motifs is 2. The fourth-order valence-corrected chi connectivity index (χ4v) is 4.37. The van der Waals surface area contributed by atoms with Crippen LogP contribution in [0.5, 0.6) is 11.5 Å². The summed E-state index contributed by atoms with van der Waals surface area (Å²) < 4.78 is 13.7. The van der Waals surface area contributed by atoms with Crippen molar-refractivity contribution in [2.45, 2.75) is 71.6 Å². The van der Waals surface area contributed by atoms with Crippen LogP contribution in [0.25, 0.3) is 11.0 Å². The van der Waals surface area contributed by atoms with Crippen molar-refractivity contribution in [2.24, 2.45) is 0 Å². The number of aromatic nitrogens is 3. The summed E-state index contributed by atoms with van der Waals surface area (Å²) >= 11 is 0. The van der Waals surface area contributed by atoms with Crippen LogP contribution >= 0.6 is 0 Å². The molecule has 1 aliphatic heterocycles. The molecule has 7 nitrogen and oxygen atoms in total. The largest absolute Gasteiger partial charge is 0.494 e. The van der Waals surface area contributed by atoms with Crippen molar-refractivity contribution in [3.8, 4) is 11.5 Å². The van der Waals surface area contributed by atoms with Gasteiger partial charge >= 0.3 is 0 Å². The predicted molar refractivity (Wildman–Crippen MR) is 122 cm³/mol. The maximum absolute atomic E-state index is 13.3. The Morgan fingerprint density at radius 1 is 1.31 bits per heavy atom. The highest BCUT2D eigenvalue weighted by Crippen LogP contribution is 2.40. The van der Waals surface area contributed by atoms with Gasteiger partial charge in [-0.2, -0.15) is 5.10 Å². The van der Waals surface area contributed by atoms with Gasteiger partial charge in [0.15, 0.2) is 5.65 Å². The molecule has 0 unspecified atom stereocenters. The molecule has 32 heavy (non-hydrogen) atoms. The molecular formula is C25H30N4O3. The highest BCUT2D eigenvalue weighted by molar-refractivity contribution is 6.05. The van der Waals surface area contributed by atoms with Gasteiger partial charge in [0.05, 0.1) is 23.8 Å². The van der Waals surface area contributed by atoms with E-state index in [2.05, 4.69) is 31.2 Å². The minimum Gasteiger partial charge on any atom is -0.494 e. The van der Waals surface area contributed by atoms with Gasteiger partial charge in [0.2, 0.25) is 0 Å². The molecule has 1 atom stereocenters. The lowest BCUT2D eigenvalue weighted by Crippen LogP contribution is -2.24. The minimum atomic E-state index is -0.125. The van der Waals surface area contributed by atoms with Crippen LogP contribution in [0.4, 0.5) is 0 Å². The summed E-state index contributed by atoms with van der Waals surface area (Å²) in [5, 5.41) is 8.38. The van der Waals surface area contributed by atoms with Gasteiger partial charge in [-0.25, -0.2) is 9.67 Å². The molecule has 1 N–H and O–H groups in total. The first-order valence-corrected chi connectivity index (χ1v) is 11.6. The van der Waals surface area contributed by atoms with Crippen molar-refractivity contribution in [1.29, 1.82) is 0 Å². The van der Waals surface area contributed by atoms with Crippen LogP contribution in [0, 0.1) is 0 Å². The van der Waals surface area contributed by atoms with E-state index in [9.17, 15) is 4.79 Å². The molecule has 3 aromatic rings. The molecule has 0 spiro atoms. The third-order valence-corrected chi connectivity index (χ3v) is 6.13. The van der Waals surface area contributed by atoms with Crippen LogP contribution in [0.3, 0.4) is 0 Å². The molecule has 1 fully saturated rings. The van der Waals surface area contributed by atoms with Crippen LogP contribution < -0.4 is 14.8 Å². The average molecular weight is 435 g/mol. The lowest BCUT2D eigenvalue weighted by atomic mass is 10.1. The van der Waals surface area contributed by atoms with Crippen LogP contribution in [0.15, 0.2) is 24.4 Å². The number of nitrogens with zero attached hydrogens (tertiary/aromatic N) is 3. The number of nitrogens with one attached hydrogen (secondary N) is 1. The number of benzene rings is 1. The van der Waals surface area contributed by atoms with Crippen molar-refractivity contribution >= 4 is 16.9 Å². The minimum absolute atomic E-state index is 0.125. The smallest absolute Gasteiger partial charge is 0.252 e. The van der Waals surface area contributed by atoms with E-state index in [0.29, 0.717) is 24.6 Å². The van der Waals surface area contributed by atoms with Gasteiger partial charge in [0.25, 0.3) is 5.91 Å². The van der Waals surface area contributed by atoms with Gasteiger partial charge in [-0.3, -0.25) is 4.79 Å². The second-order valence-corrected chi connectivity index (χ2v) is 9.11.